The molecule has 1 fully saturated rings. The molecule has 1 saturated carbocycles. The van der Waals surface area contributed by atoms with Crippen molar-refractivity contribution in [1.29, 1.82) is 0 Å². The lowest BCUT2D eigenvalue weighted by molar-refractivity contribution is 0.00882. The van der Waals surface area contributed by atoms with Crippen molar-refractivity contribution in [3.8, 4) is 0 Å². The lowest BCUT2D eigenvalue weighted by Gasteiger charge is -2.27. The van der Waals surface area contributed by atoms with Gasteiger partial charge in [-0.2, -0.15) is 4.90 Å². The molecule has 8 nitrogen and oxygen atoms in total. The second kappa shape index (κ2) is 10.1. The van der Waals surface area contributed by atoms with Crippen LogP contribution >= 0.6 is 11.6 Å². The van der Waals surface area contributed by atoms with Gasteiger partial charge in [-0.05, 0) is 85.3 Å². The molecule has 1 aliphatic rings. The first-order valence-corrected chi connectivity index (χ1v) is 12.1. The maximum atomic E-state index is 12.9. The first kappa shape index (κ1) is 26.3. The fourth-order valence-corrected chi connectivity index (χ4v) is 3.94. The van der Waals surface area contributed by atoms with E-state index in [-0.39, 0.29) is 11.9 Å². The highest BCUT2D eigenvalue weighted by Crippen LogP contribution is 2.34. The highest BCUT2D eigenvalue weighted by Gasteiger charge is 2.36. The van der Waals surface area contributed by atoms with Crippen LogP contribution in [0.2, 0.25) is 5.02 Å². The van der Waals surface area contributed by atoms with Crippen molar-refractivity contribution in [2.24, 2.45) is 5.92 Å². The summed E-state index contributed by atoms with van der Waals surface area (Å²) < 4.78 is 22.4. The molecule has 1 heterocycles. The Morgan fingerprint density at radius 3 is 2.12 bits per heavy atom. The van der Waals surface area contributed by atoms with Crippen molar-refractivity contribution in [3.05, 3.63) is 22.7 Å². The number of anilines is 1. The van der Waals surface area contributed by atoms with Crippen LogP contribution in [0.3, 0.4) is 0 Å². The molecule has 2 aromatic rings. The van der Waals surface area contributed by atoms with Gasteiger partial charge >= 0.3 is 12.2 Å². The van der Waals surface area contributed by atoms with E-state index in [1.165, 1.54) is 0 Å². The largest absolute Gasteiger partial charge is 0.443 e. The van der Waals surface area contributed by atoms with E-state index < -0.39 is 23.4 Å². The van der Waals surface area contributed by atoms with Gasteiger partial charge in [0.15, 0.2) is 11.4 Å². The Morgan fingerprint density at radius 1 is 1.03 bits per heavy atom. The lowest BCUT2D eigenvalue weighted by Crippen LogP contribution is -2.44. The van der Waals surface area contributed by atoms with Crippen molar-refractivity contribution in [1.82, 2.24) is 5.16 Å². The fourth-order valence-electron chi connectivity index (χ4n) is 3.73. The Balaban J connectivity index is 1.88. The maximum absolute atomic E-state index is 12.9. The molecule has 1 aromatic heterocycles. The molecule has 0 spiro atoms. The van der Waals surface area contributed by atoms with Crippen LogP contribution in [0.4, 0.5) is 15.4 Å². The van der Waals surface area contributed by atoms with E-state index in [0.717, 1.165) is 42.1 Å². The number of benzene rings is 1. The van der Waals surface area contributed by atoms with Crippen molar-refractivity contribution in [2.75, 3.05) is 4.90 Å². The third-order valence-electron chi connectivity index (χ3n) is 5.42. The zero-order valence-corrected chi connectivity index (χ0v) is 21.8. The highest BCUT2D eigenvalue weighted by molar-refractivity contribution is 6.32. The number of hydrogen-bond acceptors (Lipinski definition) is 7. The van der Waals surface area contributed by atoms with E-state index in [2.05, 4.69) is 12.1 Å². The first-order chi connectivity index (χ1) is 15.7. The van der Waals surface area contributed by atoms with Crippen molar-refractivity contribution < 1.29 is 28.3 Å². The zero-order chi connectivity index (χ0) is 25.3. The summed E-state index contributed by atoms with van der Waals surface area (Å²) in [6, 6.07) is 3.34. The van der Waals surface area contributed by atoms with Gasteiger partial charge in [0, 0.05) is 10.6 Å². The van der Waals surface area contributed by atoms with Crippen LogP contribution in [0.1, 0.15) is 79.7 Å². The van der Waals surface area contributed by atoms with Crippen molar-refractivity contribution in [2.45, 2.75) is 98.1 Å². The third-order valence-corrected chi connectivity index (χ3v) is 5.77. The topological polar surface area (TPSA) is 91.1 Å². The molecule has 0 unspecified atom stereocenters. The highest BCUT2D eigenvalue weighted by atomic mass is 35.5. The van der Waals surface area contributed by atoms with E-state index in [9.17, 15) is 9.59 Å². The molecule has 0 saturated heterocycles. The molecule has 0 N–H and O–H groups in total. The average Bonchev–Trinajstić information content (AvgIpc) is 3.07. The standard InChI is InChI=1S/C25H35ClN2O6/c1-15-8-10-17(11-9-15)31-14-16-12-20-18(13-19(16)26)21(27-34-20)28(22(29)32-24(2,3)4)23(30)33-25(5,6)7/h12-13,15,17H,8-11,14H2,1-7H3. The molecule has 1 aliphatic carbocycles. The second-order valence-corrected chi connectivity index (χ2v) is 11.3. The molecule has 34 heavy (non-hydrogen) atoms. The predicted molar refractivity (Wildman–Crippen MR) is 130 cm³/mol. The number of fused-ring (bicyclic) bond motifs is 1. The molecule has 0 radical (unpaired) electrons. The molecule has 0 aliphatic heterocycles. The lowest BCUT2D eigenvalue weighted by atomic mass is 9.89. The van der Waals surface area contributed by atoms with E-state index in [1.54, 1.807) is 53.7 Å². The number of nitrogens with zero attached hydrogens (tertiary/aromatic N) is 2. The number of carbonyl (C=O) groups excluding carboxylic acids is 2. The molecular weight excluding hydrogens is 460 g/mol. The number of halogens is 1. The summed E-state index contributed by atoms with van der Waals surface area (Å²) in [6.45, 7) is 12.8. The Bertz CT molecular complexity index is 1000. The quantitative estimate of drug-likeness (QED) is 0.441. The fraction of sp³-hybridized carbons (Fsp3) is 0.640. The zero-order valence-electron chi connectivity index (χ0n) is 21.1. The van der Waals surface area contributed by atoms with Gasteiger partial charge in [-0.25, -0.2) is 9.59 Å². The van der Waals surface area contributed by atoms with Gasteiger partial charge in [0.05, 0.1) is 18.1 Å². The van der Waals surface area contributed by atoms with E-state index in [1.807, 2.05) is 0 Å². The van der Waals surface area contributed by atoms with Crippen LogP contribution < -0.4 is 4.90 Å². The minimum Gasteiger partial charge on any atom is -0.443 e. The minimum absolute atomic E-state index is 0.0471. The number of amides is 2. The summed E-state index contributed by atoms with van der Waals surface area (Å²) in [5, 5.41) is 4.80. The number of aromatic nitrogens is 1. The Hall–Kier alpha value is -2.32. The maximum Gasteiger partial charge on any atom is 0.425 e. The van der Waals surface area contributed by atoms with Crippen LogP contribution in [0.5, 0.6) is 0 Å². The second-order valence-electron chi connectivity index (χ2n) is 10.9. The van der Waals surface area contributed by atoms with Crippen LogP contribution in [0.25, 0.3) is 11.0 Å². The average molecular weight is 495 g/mol. The van der Waals surface area contributed by atoms with Crippen molar-refractivity contribution >= 4 is 40.6 Å². The summed E-state index contributed by atoms with van der Waals surface area (Å²) in [5.41, 5.74) is -0.560. The van der Waals surface area contributed by atoms with Gasteiger partial charge in [-0.3, -0.25) is 0 Å². The van der Waals surface area contributed by atoms with Gasteiger partial charge in [0.1, 0.15) is 11.2 Å². The molecule has 3 rings (SSSR count). The van der Waals surface area contributed by atoms with Gasteiger partial charge in [0.25, 0.3) is 0 Å². The van der Waals surface area contributed by atoms with Gasteiger partial charge in [-0.1, -0.05) is 23.7 Å². The minimum atomic E-state index is -0.924. The van der Waals surface area contributed by atoms with E-state index in [4.69, 9.17) is 30.3 Å². The van der Waals surface area contributed by atoms with Gasteiger partial charge in [-0.15, -0.1) is 0 Å². The van der Waals surface area contributed by atoms with Crippen LogP contribution in [-0.4, -0.2) is 34.6 Å². The molecule has 9 heteroatoms. The Morgan fingerprint density at radius 2 is 1.59 bits per heavy atom. The summed E-state index contributed by atoms with van der Waals surface area (Å²) in [6.07, 6.45) is 2.76. The number of hydrogen-bond donors (Lipinski definition) is 0. The first-order valence-electron chi connectivity index (χ1n) is 11.7. The Labute approximate surface area is 205 Å². The Kier molecular flexibility index (Phi) is 7.82. The predicted octanol–water partition coefficient (Wildman–Crippen LogP) is 7.25. The summed E-state index contributed by atoms with van der Waals surface area (Å²) in [5.74, 6) is 0.694. The van der Waals surface area contributed by atoms with Crippen LogP contribution in [0.15, 0.2) is 16.7 Å². The SMILES string of the molecule is CC1CCC(OCc2cc3onc(N(C(=O)OC(C)(C)C)C(=O)OC(C)(C)C)c3cc2Cl)CC1. The molecule has 2 amide bonds. The molecule has 188 valence electrons. The van der Waals surface area contributed by atoms with Gasteiger partial charge < -0.3 is 18.7 Å². The third kappa shape index (κ3) is 6.85. The summed E-state index contributed by atoms with van der Waals surface area (Å²) in [4.78, 5) is 26.6. The summed E-state index contributed by atoms with van der Waals surface area (Å²) >= 11 is 6.55. The van der Waals surface area contributed by atoms with Gasteiger partial charge in [0.2, 0.25) is 0 Å². The summed E-state index contributed by atoms with van der Waals surface area (Å²) in [7, 11) is 0. The molecule has 0 bridgehead atoms. The number of carbonyl (C=O) groups is 2. The van der Waals surface area contributed by atoms with Crippen LogP contribution in [-0.2, 0) is 20.8 Å². The van der Waals surface area contributed by atoms with E-state index in [0.29, 0.717) is 22.6 Å². The molecule has 1 aromatic carbocycles. The van der Waals surface area contributed by atoms with Crippen LogP contribution in [0, 0.1) is 5.92 Å². The van der Waals surface area contributed by atoms with E-state index >= 15 is 0 Å². The molecule has 0 atom stereocenters. The number of rotatable bonds is 4. The smallest absolute Gasteiger partial charge is 0.425 e. The normalized spacial score (nSPS) is 19.2. The van der Waals surface area contributed by atoms with Crippen molar-refractivity contribution in [3.63, 3.8) is 0 Å². The monoisotopic (exact) mass is 494 g/mol. The number of imide groups is 1. The number of ether oxygens (including phenoxy) is 3. The molecular formula is C25H35ClN2O6.